The highest BCUT2D eigenvalue weighted by Gasteiger charge is 2.14. The van der Waals surface area contributed by atoms with Crippen molar-refractivity contribution in [2.75, 3.05) is 31.9 Å². The highest BCUT2D eigenvalue weighted by molar-refractivity contribution is 5.80. The fourth-order valence-corrected chi connectivity index (χ4v) is 2.65. The Morgan fingerprint density at radius 2 is 1.60 bits per heavy atom. The molecule has 2 aromatic rings. The molecule has 7 heteroatoms. The molecule has 0 saturated carbocycles. The van der Waals surface area contributed by atoms with E-state index in [1.165, 1.54) is 0 Å². The Balaban J connectivity index is 1.28. The SMILES string of the molecule is O=C(CNc1ccc2c(c1)OCCO2)NCc1ccc2c(c1)OCO2. The minimum atomic E-state index is -0.104. The van der Waals surface area contributed by atoms with Crippen LogP contribution in [0.15, 0.2) is 36.4 Å². The molecular weight excluding hydrogens is 324 g/mol. The van der Waals surface area contributed by atoms with Gasteiger partial charge >= 0.3 is 0 Å². The van der Waals surface area contributed by atoms with Crippen LogP contribution in [0.25, 0.3) is 0 Å². The van der Waals surface area contributed by atoms with Gasteiger partial charge in [-0.2, -0.15) is 0 Å². The Morgan fingerprint density at radius 3 is 2.52 bits per heavy atom. The topological polar surface area (TPSA) is 78.1 Å². The number of hydrogen-bond acceptors (Lipinski definition) is 6. The molecule has 0 radical (unpaired) electrons. The Morgan fingerprint density at radius 1 is 0.880 bits per heavy atom. The van der Waals surface area contributed by atoms with Crippen LogP contribution >= 0.6 is 0 Å². The molecule has 0 atom stereocenters. The van der Waals surface area contributed by atoms with Gasteiger partial charge < -0.3 is 29.6 Å². The molecule has 0 bridgehead atoms. The van der Waals surface area contributed by atoms with Crippen molar-refractivity contribution in [2.24, 2.45) is 0 Å². The van der Waals surface area contributed by atoms with Crippen LogP contribution in [0.5, 0.6) is 23.0 Å². The highest BCUT2D eigenvalue weighted by Crippen LogP contribution is 2.33. The number of anilines is 1. The van der Waals surface area contributed by atoms with E-state index < -0.39 is 0 Å². The van der Waals surface area contributed by atoms with Gasteiger partial charge in [-0.15, -0.1) is 0 Å². The first-order valence-electron chi connectivity index (χ1n) is 8.07. The molecule has 2 aliphatic rings. The summed E-state index contributed by atoms with van der Waals surface area (Å²) >= 11 is 0. The zero-order valence-corrected chi connectivity index (χ0v) is 13.5. The largest absolute Gasteiger partial charge is 0.486 e. The lowest BCUT2D eigenvalue weighted by molar-refractivity contribution is -0.119. The van der Waals surface area contributed by atoms with Crippen LogP contribution in [0.1, 0.15) is 5.56 Å². The van der Waals surface area contributed by atoms with Gasteiger partial charge in [-0.1, -0.05) is 6.07 Å². The predicted molar refractivity (Wildman–Crippen MR) is 90.3 cm³/mol. The average Bonchev–Trinajstić information content (AvgIpc) is 3.12. The number of benzene rings is 2. The summed E-state index contributed by atoms with van der Waals surface area (Å²) in [4.78, 5) is 12.0. The smallest absolute Gasteiger partial charge is 0.239 e. The van der Waals surface area contributed by atoms with Crippen LogP contribution in [0.4, 0.5) is 5.69 Å². The van der Waals surface area contributed by atoms with Crippen molar-refractivity contribution in [3.8, 4) is 23.0 Å². The molecule has 2 aromatic carbocycles. The number of carbonyl (C=O) groups excluding carboxylic acids is 1. The van der Waals surface area contributed by atoms with Gasteiger partial charge in [-0.3, -0.25) is 4.79 Å². The van der Waals surface area contributed by atoms with E-state index in [-0.39, 0.29) is 19.2 Å². The van der Waals surface area contributed by atoms with E-state index in [0.717, 1.165) is 22.7 Å². The van der Waals surface area contributed by atoms with E-state index in [0.29, 0.717) is 31.3 Å². The van der Waals surface area contributed by atoms with Crippen LogP contribution in [0.2, 0.25) is 0 Å². The Labute approximate surface area is 144 Å². The molecule has 2 N–H and O–H groups in total. The van der Waals surface area contributed by atoms with Crippen LogP contribution in [0, 0.1) is 0 Å². The van der Waals surface area contributed by atoms with Crippen molar-refractivity contribution < 1.29 is 23.7 Å². The second kappa shape index (κ2) is 6.80. The summed E-state index contributed by atoms with van der Waals surface area (Å²) in [6.07, 6.45) is 0. The summed E-state index contributed by atoms with van der Waals surface area (Å²) in [5.74, 6) is 2.75. The average molecular weight is 342 g/mol. The van der Waals surface area contributed by atoms with E-state index in [9.17, 15) is 4.79 Å². The van der Waals surface area contributed by atoms with Gasteiger partial charge in [-0.25, -0.2) is 0 Å². The van der Waals surface area contributed by atoms with Gasteiger partial charge in [0.2, 0.25) is 12.7 Å². The summed E-state index contributed by atoms with van der Waals surface area (Å²) in [7, 11) is 0. The number of nitrogens with one attached hydrogen (secondary N) is 2. The van der Waals surface area contributed by atoms with Crippen LogP contribution in [-0.2, 0) is 11.3 Å². The summed E-state index contributed by atoms with van der Waals surface area (Å²) in [5.41, 5.74) is 1.76. The monoisotopic (exact) mass is 342 g/mol. The molecule has 0 aliphatic carbocycles. The number of amides is 1. The minimum absolute atomic E-state index is 0.104. The molecule has 2 heterocycles. The van der Waals surface area contributed by atoms with Crippen molar-refractivity contribution in [2.45, 2.75) is 6.54 Å². The summed E-state index contributed by atoms with van der Waals surface area (Å²) in [5, 5.41) is 5.95. The molecule has 0 unspecified atom stereocenters. The highest BCUT2D eigenvalue weighted by atomic mass is 16.7. The van der Waals surface area contributed by atoms with E-state index in [1.807, 2.05) is 36.4 Å². The summed E-state index contributed by atoms with van der Waals surface area (Å²) < 4.78 is 21.6. The number of carbonyl (C=O) groups is 1. The molecule has 7 nitrogen and oxygen atoms in total. The lowest BCUT2D eigenvalue weighted by Crippen LogP contribution is -2.29. The molecular formula is C18H18N2O5. The van der Waals surface area contributed by atoms with E-state index in [1.54, 1.807) is 0 Å². The molecule has 4 rings (SSSR count). The maximum absolute atomic E-state index is 12.0. The standard InChI is InChI=1S/C18H18N2O5/c21-18(20-9-12-1-3-15-16(7-12)25-11-24-15)10-19-13-2-4-14-17(8-13)23-6-5-22-14/h1-4,7-8,19H,5-6,9-11H2,(H,20,21). The van der Waals surface area contributed by atoms with Gasteiger partial charge in [0.05, 0.1) is 6.54 Å². The predicted octanol–water partition coefficient (Wildman–Crippen LogP) is 1.91. The van der Waals surface area contributed by atoms with Crippen molar-refractivity contribution in [3.05, 3.63) is 42.0 Å². The first-order chi connectivity index (χ1) is 12.3. The molecule has 0 spiro atoms. The van der Waals surface area contributed by atoms with E-state index in [4.69, 9.17) is 18.9 Å². The van der Waals surface area contributed by atoms with Crippen molar-refractivity contribution in [1.29, 1.82) is 0 Å². The Hall–Kier alpha value is -3.09. The molecule has 0 saturated heterocycles. The van der Waals surface area contributed by atoms with Gasteiger partial charge in [0.1, 0.15) is 13.2 Å². The van der Waals surface area contributed by atoms with Gasteiger partial charge in [0.25, 0.3) is 0 Å². The maximum atomic E-state index is 12.0. The third kappa shape index (κ3) is 3.55. The summed E-state index contributed by atoms with van der Waals surface area (Å²) in [6.45, 7) is 1.93. The molecule has 2 aliphatic heterocycles. The first-order valence-corrected chi connectivity index (χ1v) is 8.07. The molecule has 0 aromatic heterocycles. The van der Waals surface area contributed by atoms with Crippen molar-refractivity contribution in [3.63, 3.8) is 0 Å². The van der Waals surface area contributed by atoms with Crippen molar-refractivity contribution >= 4 is 11.6 Å². The van der Waals surface area contributed by atoms with Gasteiger partial charge in [-0.05, 0) is 29.8 Å². The van der Waals surface area contributed by atoms with E-state index in [2.05, 4.69) is 10.6 Å². The first kappa shape index (κ1) is 15.4. The normalized spacial score (nSPS) is 14.1. The van der Waals surface area contributed by atoms with Gasteiger partial charge in [0, 0.05) is 18.3 Å². The fourth-order valence-electron chi connectivity index (χ4n) is 2.65. The summed E-state index contributed by atoms with van der Waals surface area (Å²) in [6, 6.07) is 11.1. The lowest BCUT2D eigenvalue weighted by Gasteiger charge is -2.19. The van der Waals surface area contributed by atoms with Crippen LogP contribution < -0.4 is 29.6 Å². The van der Waals surface area contributed by atoms with Crippen molar-refractivity contribution in [1.82, 2.24) is 5.32 Å². The van der Waals surface area contributed by atoms with Crippen LogP contribution in [0.3, 0.4) is 0 Å². The third-order valence-electron chi connectivity index (χ3n) is 3.92. The second-order valence-corrected chi connectivity index (χ2v) is 5.68. The minimum Gasteiger partial charge on any atom is -0.486 e. The zero-order valence-electron chi connectivity index (χ0n) is 13.5. The van der Waals surface area contributed by atoms with Gasteiger partial charge in [0.15, 0.2) is 23.0 Å². The number of ether oxygens (including phenoxy) is 4. The number of hydrogen-bond donors (Lipinski definition) is 2. The quantitative estimate of drug-likeness (QED) is 0.864. The Bertz CT molecular complexity index is 793. The molecule has 1 amide bonds. The molecule has 130 valence electrons. The second-order valence-electron chi connectivity index (χ2n) is 5.68. The van der Waals surface area contributed by atoms with E-state index >= 15 is 0 Å². The third-order valence-corrected chi connectivity index (χ3v) is 3.92. The number of rotatable bonds is 5. The molecule has 0 fully saturated rings. The molecule has 25 heavy (non-hydrogen) atoms. The lowest BCUT2D eigenvalue weighted by atomic mass is 10.2. The number of fused-ring (bicyclic) bond motifs is 2. The Kier molecular flexibility index (Phi) is 4.20. The maximum Gasteiger partial charge on any atom is 0.239 e. The van der Waals surface area contributed by atoms with Crippen LogP contribution in [-0.4, -0.2) is 32.5 Å². The fraction of sp³-hybridized carbons (Fsp3) is 0.278. The zero-order chi connectivity index (χ0) is 17.1.